The molecule has 3 unspecified atom stereocenters. The monoisotopic (exact) mass is 824 g/mol. The summed E-state index contributed by atoms with van der Waals surface area (Å²) < 4.78 is 53.3. The van der Waals surface area contributed by atoms with Crippen molar-refractivity contribution >= 4 is 27.6 Å². The highest BCUT2D eigenvalue weighted by Gasteiger charge is 2.36. The molecule has 1 aliphatic rings. The van der Waals surface area contributed by atoms with Gasteiger partial charge < -0.3 is 34.0 Å². The van der Waals surface area contributed by atoms with Crippen molar-refractivity contribution in [1.29, 1.82) is 0 Å². The summed E-state index contributed by atoms with van der Waals surface area (Å²) >= 11 is 0. The molecule has 0 aromatic heterocycles. The Morgan fingerprint density at radius 2 is 1.24 bits per heavy atom. The van der Waals surface area contributed by atoms with Gasteiger partial charge in [0, 0.05) is 12.8 Å². The van der Waals surface area contributed by atoms with Crippen LogP contribution in [0.25, 0.3) is 0 Å². The Morgan fingerprint density at radius 3 is 1.91 bits per heavy atom. The molecular formula is C39H70O14P2. The van der Waals surface area contributed by atoms with Crippen LogP contribution >= 0.6 is 15.6 Å². The van der Waals surface area contributed by atoms with Gasteiger partial charge in [-0.25, -0.2) is 9.13 Å². The van der Waals surface area contributed by atoms with E-state index in [0.29, 0.717) is 31.5 Å². The second-order valence-corrected chi connectivity index (χ2v) is 17.1. The van der Waals surface area contributed by atoms with Gasteiger partial charge in [-0.1, -0.05) is 115 Å². The number of rotatable bonds is 36. The number of allylic oxidation sites excluding steroid dienone is 4. The van der Waals surface area contributed by atoms with E-state index in [2.05, 4.69) is 54.1 Å². The van der Waals surface area contributed by atoms with Crippen LogP contribution in [0.5, 0.6) is 0 Å². The lowest BCUT2D eigenvalue weighted by atomic mass is 10.0. The summed E-state index contributed by atoms with van der Waals surface area (Å²) in [5, 5.41) is 9.72. The first kappa shape index (κ1) is 51.3. The smallest absolute Gasteiger partial charge is 0.462 e. The number of carbonyl (C=O) groups is 2. The van der Waals surface area contributed by atoms with Crippen LogP contribution in [0.15, 0.2) is 36.5 Å². The first-order valence-corrected chi connectivity index (χ1v) is 23.2. The van der Waals surface area contributed by atoms with Crippen molar-refractivity contribution in [3.63, 3.8) is 0 Å². The summed E-state index contributed by atoms with van der Waals surface area (Å²) in [5.41, 5.74) is 0. The van der Waals surface area contributed by atoms with E-state index in [1.54, 1.807) is 0 Å². The molecule has 0 aromatic rings. The molecule has 14 nitrogen and oxygen atoms in total. The van der Waals surface area contributed by atoms with Gasteiger partial charge in [0.05, 0.1) is 32.0 Å². The lowest BCUT2D eigenvalue weighted by Crippen LogP contribution is -2.29. The molecule has 1 saturated heterocycles. The molecule has 0 aromatic carbocycles. The standard InChI is InChI=1S/C39H70O14P2/c1-4-5-6-7-15-20-25-36-37(53-36)26-21-16-11-9-13-18-23-28-39(42)52-35(32-51-55(46,47)50-30-34(40)29-49-54(43,44)45)31-48-38(41)27-22-17-12-8-10-14-19-24-33(2)3/h9,13,15-16,20-21,33-37,40H,4-8,10-12,14,17-19,22-32H2,1-3H3,(H,46,47)(H2,43,44,45)/b13-9-,20-15-,21-16-/t34-,35+,36?,37?/m0/s1. The van der Waals surface area contributed by atoms with Gasteiger partial charge in [-0.2, -0.15) is 0 Å². The van der Waals surface area contributed by atoms with E-state index in [-0.39, 0.29) is 12.8 Å². The zero-order valence-electron chi connectivity index (χ0n) is 33.4. The molecule has 0 bridgehead atoms. The fourth-order valence-corrected chi connectivity index (χ4v) is 6.54. The van der Waals surface area contributed by atoms with Crippen molar-refractivity contribution in [2.45, 2.75) is 167 Å². The van der Waals surface area contributed by atoms with Gasteiger partial charge in [-0.15, -0.1) is 0 Å². The fourth-order valence-electron chi connectivity index (χ4n) is 5.39. The number of carbonyl (C=O) groups excluding carboxylic acids is 2. The highest BCUT2D eigenvalue weighted by molar-refractivity contribution is 7.47. The first-order chi connectivity index (χ1) is 26.2. The quantitative estimate of drug-likeness (QED) is 0.0154. The number of ether oxygens (including phenoxy) is 3. The van der Waals surface area contributed by atoms with Gasteiger partial charge in [0.2, 0.25) is 0 Å². The molecule has 55 heavy (non-hydrogen) atoms. The van der Waals surface area contributed by atoms with Crippen LogP contribution in [0.3, 0.4) is 0 Å². The zero-order valence-corrected chi connectivity index (χ0v) is 35.2. The Bertz CT molecular complexity index is 1200. The maximum atomic E-state index is 12.6. The van der Waals surface area contributed by atoms with Crippen molar-refractivity contribution < 1.29 is 66.3 Å². The van der Waals surface area contributed by atoms with Crippen LogP contribution in [0.2, 0.25) is 0 Å². The van der Waals surface area contributed by atoms with Crippen LogP contribution in [0.4, 0.5) is 0 Å². The zero-order chi connectivity index (χ0) is 40.8. The lowest BCUT2D eigenvalue weighted by Gasteiger charge is -2.20. The van der Waals surface area contributed by atoms with Crippen LogP contribution in [0.1, 0.15) is 143 Å². The molecule has 1 rings (SSSR count). The van der Waals surface area contributed by atoms with E-state index in [9.17, 15) is 28.7 Å². The number of hydrogen-bond acceptors (Lipinski definition) is 11. The number of unbranched alkanes of at least 4 members (excludes halogenated alkanes) is 10. The van der Waals surface area contributed by atoms with Crippen molar-refractivity contribution in [2.24, 2.45) is 5.92 Å². The Hall–Kier alpha value is -1.70. The predicted octanol–water partition coefficient (Wildman–Crippen LogP) is 8.57. The molecule has 1 aliphatic heterocycles. The number of aliphatic hydroxyl groups is 1. The number of epoxide rings is 1. The molecule has 1 fully saturated rings. The lowest BCUT2D eigenvalue weighted by molar-refractivity contribution is -0.161. The maximum Gasteiger partial charge on any atom is 0.472 e. The molecule has 0 radical (unpaired) electrons. The van der Waals surface area contributed by atoms with Gasteiger partial charge in [0.25, 0.3) is 0 Å². The third kappa shape index (κ3) is 33.0. The topological polar surface area (TPSA) is 208 Å². The minimum absolute atomic E-state index is 0.0502. The maximum absolute atomic E-state index is 12.6. The van der Waals surface area contributed by atoms with Gasteiger partial charge >= 0.3 is 27.6 Å². The van der Waals surface area contributed by atoms with Crippen LogP contribution in [-0.4, -0.2) is 82.6 Å². The second-order valence-electron chi connectivity index (χ2n) is 14.4. The highest BCUT2D eigenvalue weighted by Crippen LogP contribution is 2.43. The molecular weight excluding hydrogens is 754 g/mol. The van der Waals surface area contributed by atoms with E-state index in [4.69, 9.17) is 28.5 Å². The van der Waals surface area contributed by atoms with Gasteiger partial charge in [0.1, 0.15) is 12.7 Å². The average Bonchev–Trinajstić information content (AvgIpc) is 3.88. The summed E-state index contributed by atoms with van der Waals surface area (Å²) in [6.07, 6.45) is 27.8. The molecule has 5 atom stereocenters. The first-order valence-electron chi connectivity index (χ1n) is 20.2. The Balaban J connectivity index is 2.43. The second kappa shape index (κ2) is 31.3. The molecule has 16 heteroatoms. The van der Waals surface area contributed by atoms with Crippen LogP contribution in [-0.2, 0) is 46.5 Å². The molecule has 1 heterocycles. The third-order valence-electron chi connectivity index (χ3n) is 8.60. The van der Waals surface area contributed by atoms with Crippen molar-refractivity contribution in [2.75, 3.05) is 26.4 Å². The highest BCUT2D eigenvalue weighted by atomic mass is 31.2. The predicted molar refractivity (Wildman–Crippen MR) is 211 cm³/mol. The molecule has 0 spiro atoms. The Labute approximate surface area is 329 Å². The number of esters is 2. The SMILES string of the molecule is CCCCC/C=C\CC1OC1C/C=C\C/C=C\CCCC(=O)O[C@H](COC(=O)CCCCCCCCCC(C)C)COP(=O)(O)OC[C@@H](O)COP(=O)(O)O. The number of aliphatic hydroxyl groups excluding tert-OH is 1. The van der Waals surface area contributed by atoms with Crippen molar-refractivity contribution in [1.82, 2.24) is 0 Å². The van der Waals surface area contributed by atoms with Gasteiger partial charge in [0.15, 0.2) is 6.10 Å². The Morgan fingerprint density at radius 1 is 0.673 bits per heavy atom. The van der Waals surface area contributed by atoms with Gasteiger partial charge in [-0.3, -0.25) is 23.2 Å². The van der Waals surface area contributed by atoms with E-state index < -0.39 is 66.2 Å². The molecule has 0 aliphatic carbocycles. The van der Waals surface area contributed by atoms with Crippen LogP contribution in [0, 0.1) is 5.92 Å². The minimum Gasteiger partial charge on any atom is -0.462 e. The molecule has 4 N–H and O–H groups in total. The van der Waals surface area contributed by atoms with Gasteiger partial charge in [-0.05, 0) is 57.3 Å². The number of phosphoric acid groups is 2. The summed E-state index contributed by atoms with van der Waals surface area (Å²) in [6, 6.07) is 0. The summed E-state index contributed by atoms with van der Waals surface area (Å²) in [7, 11) is -9.69. The summed E-state index contributed by atoms with van der Waals surface area (Å²) in [4.78, 5) is 52.5. The molecule has 0 saturated carbocycles. The number of hydrogen-bond donors (Lipinski definition) is 4. The Kier molecular flexibility index (Phi) is 29.2. The van der Waals surface area contributed by atoms with Crippen molar-refractivity contribution in [3.8, 4) is 0 Å². The number of phosphoric ester groups is 2. The normalized spacial score (nSPS) is 18.3. The molecule has 0 amide bonds. The largest absolute Gasteiger partial charge is 0.472 e. The summed E-state index contributed by atoms with van der Waals surface area (Å²) in [6.45, 7) is 3.87. The average molecular weight is 825 g/mol. The van der Waals surface area contributed by atoms with Crippen LogP contribution < -0.4 is 0 Å². The molecule has 320 valence electrons. The van der Waals surface area contributed by atoms with E-state index >= 15 is 0 Å². The summed E-state index contributed by atoms with van der Waals surface area (Å²) in [5.74, 6) is -0.389. The van der Waals surface area contributed by atoms with E-state index in [1.165, 1.54) is 44.9 Å². The fraction of sp³-hybridized carbons (Fsp3) is 0.795. The van der Waals surface area contributed by atoms with E-state index in [1.807, 2.05) is 12.2 Å². The van der Waals surface area contributed by atoms with E-state index in [0.717, 1.165) is 50.9 Å². The third-order valence-corrected chi connectivity index (χ3v) is 10.0. The van der Waals surface area contributed by atoms with Crippen molar-refractivity contribution in [3.05, 3.63) is 36.5 Å². The minimum atomic E-state index is -4.87.